The highest BCUT2D eigenvalue weighted by Gasteiger charge is 2.30. The predicted octanol–water partition coefficient (Wildman–Crippen LogP) is 4.74. The van der Waals surface area contributed by atoms with Crippen molar-refractivity contribution < 1.29 is 5.11 Å². The van der Waals surface area contributed by atoms with Crippen LogP contribution in [0.3, 0.4) is 0 Å². The van der Waals surface area contributed by atoms with E-state index in [0.717, 1.165) is 34.1 Å². The van der Waals surface area contributed by atoms with Crippen molar-refractivity contribution in [1.82, 2.24) is 4.98 Å². The zero-order valence-electron chi connectivity index (χ0n) is 12.7. The Morgan fingerprint density at radius 3 is 2.62 bits per heavy atom. The number of hydrogen-bond acceptors (Lipinski definition) is 2. The maximum Gasteiger partial charge on any atom is 0.119 e. The highest BCUT2D eigenvalue weighted by atomic mass is 79.9. The number of benzene rings is 1. The Balaban J connectivity index is 2.26. The van der Waals surface area contributed by atoms with E-state index in [4.69, 9.17) is 0 Å². The zero-order chi connectivity index (χ0) is 15.1. The van der Waals surface area contributed by atoms with E-state index in [2.05, 4.69) is 46.9 Å². The van der Waals surface area contributed by atoms with Crippen LogP contribution in [0.4, 0.5) is 0 Å². The smallest absolute Gasteiger partial charge is 0.119 e. The molecule has 3 rings (SSSR count). The van der Waals surface area contributed by atoms with Gasteiger partial charge in [-0.05, 0) is 70.4 Å². The van der Waals surface area contributed by atoms with Crippen LogP contribution in [0, 0.1) is 12.8 Å². The molecule has 2 nitrogen and oxygen atoms in total. The third-order valence-electron chi connectivity index (χ3n) is 4.29. The molecule has 0 spiro atoms. The molecule has 1 atom stereocenters. The first-order chi connectivity index (χ1) is 9.97. The molecule has 1 aliphatic rings. The molecule has 1 unspecified atom stereocenters. The molecule has 3 heteroatoms. The summed E-state index contributed by atoms with van der Waals surface area (Å²) < 4.78 is 1.02. The normalized spacial score (nSPS) is 17.3. The molecular formula is C18H20BrNO. The lowest BCUT2D eigenvalue weighted by atomic mass is 9.82. The minimum Gasteiger partial charge on any atom is -0.508 e. The van der Waals surface area contributed by atoms with Crippen LogP contribution in [-0.2, 0) is 12.8 Å². The number of aromatic nitrogens is 1. The second-order valence-corrected chi connectivity index (χ2v) is 7.19. The third-order valence-corrected chi connectivity index (χ3v) is 4.73. The number of hydrogen-bond donors (Lipinski definition) is 1. The van der Waals surface area contributed by atoms with E-state index in [-0.39, 0.29) is 5.92 Å². The summed E-state index contributed by atoms with van der Waals surface area (Å²) >= 11 is 3.52. The number of aromatic hydroxyl groups is 1. The first kappa shape index (κ1) is 14.6. The zero-order valence-corrected chi connectivity index (χ0v) is 14.2. The minimum atomic E-state index is 0.159. The van der Waals surface area contributed by atoms with Gasteiger partial charge in [0.1, 0.15) is 5.75 Å². The molecule has 0 saturated heterocycles. The number of pyridine rings is 1. The van der Waals surface area contributed by atoms with Crippen LogP contribution in [0.5, 0.6) is 5.75 Å². The van der Waals surface area contributed by atoms with Crippen molar-refractivity contribution in [2.24, 2.45) is 5.92 Å². The Morgan fingerprint density at radius 2 is 1.90 bits per heavy atom. The van der Waals surface area contributed by atoms with Gasteiger partial charge in [0, 0.05) is 22.2 Å². The van der Waals surface area contributed by atoms with Crippen molar-refractivity contribution in [3.8, 4) is 5.75 Å². The molecule has 1 aliphatic carbocycles. The van der Waals surface area contributed by atoms with Gasteiger partial charge in [-0.25, -0.2) is 0 Å². The van der Waals surface area contributed by atoms with Crippen molar-refractivity contribution in [2.45, 2.75) is 39.5 Å². The van der Waals surface area contributed by atoms with Crippen LogP contribution in [0.2, 0.25) is 0 Å². The minimum absolute atomic E-state index is 0.159. The van der Waals surface area contributed by atoms with Gasteiger partial charge >= 0.3 is 0 Å². The average molecular weight is 346 g/mol. The lowest BCUT2D eigenvalue weighted by molar-refractivity contribution is 0.448. The van der Waals surface area contributed by atoms with E-state index < -0.39 is 0 Å². The lowest BCUT2D eigenvalue weighted by Gasteiger charge is -2.24. The first-order valence-electron chi connectivity index (χ1n) is 7.44. The van der Waals surface area contributed by atoms with Crippen molar-refractivity contribution in [3.05, 3.63) is 56.8 Å². The van der Waals surface area contributed by atoms with E-state index >= 15 is 0 Å². The Labute approximate surface area is 134 Å². The third kappa shape index (κ3) is 2.59. The maximum absolute atomic E-state index is 10.5. The van der Waals surface area contributed by atoms with Crippen LogP contribution in [-0.4, -0.2) is 10.1 Å². The molecule has 2 aromatic rings. The molecule has 0 aliphatic heterocycles. The topological polar surface area (TPSA) is 33.1 Å². The number of phenolic OH excluding ortho intramolecular Hbond substituents is 1. The van der Waals surface area contributed by atoms with Gasteiger partial charge in [-0.3, -0.25) is 4.98 Å². The fraction of sp³-hybridized carbons (Fsp3) is 0.389. The number of halogens is 1. The molecule has 1 aromatic heterocycles. The van der Waals surface area contributed by atoms with Gasteiger partial charge in [0.15, 0.2) is 0 Å². The summed E-state index contributed by atoms with van der Waals surface area (Å²) in [6.07, 6.45) is 3.80. The lowest BCUT2D eigenvalue weighted by Crippen LogP contribution is -2.13. The van der Waals surface area contributed by atoms with Gasteiger partial charge in [0.05, 0.1) is 5.69 Å². The Morgan fingerprint density at radius 1 is 1.19 bits per heavy atom. The second-order valence-electron chi connectivity index (χ2n) is 6.28. The number of nitrogens with zero attached hydrogens (tertiary/aromatic N) is 1. The van der Waals surface area contributed by atoms with Crippen LogP contribution < -0.4 is 0 Å². The van der Waals surface area contributed by atoms with Crippen molar-refractivity contribution in [3.63, 3.8) is 0 Å². The van der Waals surface area contributed by atoms with E-state index in [1.807, 2.05) is 19.2 Å². The second kappa shape index (κ2) is 5.45. The molecule has 1 aromatic carbocycles. The number of aryl methyl sites for hydroxylation is 3. The molecule has 0 saturated carbocycles. The number of phenols is 1. The molecule has 0 bridgehead atoms. The molecule has 1 heterocycles. The van der Waals surface area contributed by atoms with Crippen LogP contribution in [0.1, 0.15) is 47.7 Å². The highest BCUT2D eigenvalue weighted by Crippen LogP contribution is 2.43. The van der Waals surface area contributed by atoms with E-state index in [1.54, 1.807) is 0 Å². The quantitative estimate of drug-likeness (QED) is 0.809. The fourth-order valence-electron chi connectivity index (χ4n) is 3.45. The van der Waals surface area contributed by atoms with Gasteiger partial charge in [-0.15, -0.1) is 0 Å². The van der Waals surface area contributed by atoms with E-state index in [0.29, 0.717) is 11.7 Å². The summed E-state index contributed by atoms with van der Waals surface area (Å²) in [6.45, 7) is 6.44. The summed E-state index contributed by atoms with van der Waals surface area (Å²) in [7, 11) is 0. The largest absolute Gasteiger partial charge is 0.508 e. The van der Waals surface area contributed by atoms with Crippen molar-refractivity contribution in [2.75, 3.05) is 0 Å². The number of rotatable bonds is 1. The molecule has 0 fully saturated rings. The SMILES string of the molecule is Cc1cc(O)c2c(c1)CCc1cc(Br)cnc1C2C(C)C. The first-order valence-corrected chi connectivity index (χ1v) is 8.23. The summed E-state index contributed by atoms with van der Waals surface area (Å²) in [5, 5.41) is 10.5. The molecular weight excluding hydrogens is 326 g/mol. The predicted molar refractivity (Wildman–Crippen MR) is 88.9 cm³/mol. The highest BCUT2D eigenvalue weighted by molar-refractivity contribution is 9.10. The van der Waals surface area contributed by atoms with Crippen molar-refractivity contribution >= 4 is 15.9 Å². The molecule has 110 valence electrons. The van der Waals surface area contributed by atoms with Gasteiger partial charge < -0.3 is 5.11 Å². The molecule has 21 heavy (non-hydrogen) atoms. The molecule has 1 N–H and O–H groups in total. The summed E-state index contributed by atoms with van der Waals surface area (Å²) in [6, 6.07) is 6.26. The van der Waals surface area contributed by atoms with Gasteiger partial charge in [0.2, 0.25) is 0 Å². The van der Waals surface area contributed by atoms with E-state index in [9.17, 15) is 5.11 Å². The Kier molecular flexibility index (Phi) is 3.78. The van der Waals surface area contributed by atoms with Crippen LogP contribution in [0.25, 0.3) is 0 Å². The van der Waals surface area contributed by atoms with Gasteiger partial charge in [0.25, 0.3) is 0 Å². The van der Waals surface area contributed by atoms with Crippen LogP contribution in [0.15, 0.2) is 28.9 Å². The standard InChI is InChI=1S/C18H20BrNO/c1-10(2)16-17-12(6-11(3)7-15(17)21)4-5-13-8-14(19)9-20-18(13)16/h6-10,16,21H,4-5H2,1-3H3. The molecule has 0 radical (unpaired) electrons. The summed E-state index contributed by atoms with van der Waals surface area (Å²) in [5.41, 5.74) is 5.86. The maximum atomic E-state index is 10.5. The van der Waals surface area contributed by atoms with Gasteiger partial charge in [-0.2, -0.15) is 0 Å². The summed E-state index contributed by atoms with van der Waals surface area (Å²) in [4.78, 5) is 4.69. The monoisotopic (exact) mass is 345 g/mol. The van der Waals surface area contributed by atoms with E-state index in [1.165, 1.54) is 11.1 Å². The fourth-order valence-corrected chi connectivity index (χ4v) is 3.82. The van der Waals surface area contributed by atoms with Crippen LogP contribution >= 0.6 is 15.9 Å². The Bertz CT molecular complexity index is 694. The number of fused-ring (bicyclic) bond motifs is 2. The average Bonchev–Trinajstić information content (AvgIpc) is 2.55. The molecule has 0 amide bonds. The Hall–Kier alpha value is -1.35. The van der Waals surface area contributed by atoms with Crippen molar-refractivity contribution in [1.29, 1.82) is 0 Å². The van der Waals surface area contributed by atoms with Gasteiger partial charge in [-0.1, -0.05) is 19.9 Å². The summed E-state index contributed by atoms with van der Waals surface area (Å²) in [5.74, 6) is 0.968.